The van der Waals surface area contributed by atoms with Gasteiger partial charge < -0.3 is 5.73 Å². The largest absolute Gasteiger partial charge is 0.383 e. The zero-order valence-electron chi connectivity index (χ0n) is 10.4. The van der Waals surface area contributed by atoms with Crippen LogP contribution >= 0.6 is 15.9 Å². The Balaban J connectivity index is 2.44. The van der Waals surface area contributed by atoms with Crippen molar-refractivity contribution in [3.63, 3.8) is 0 Å². The molecule has 2 rings (SSSR count). The normalized spacial score (nSPS) is 11.3. The van der Waals surface area contributed by atoms with Gasteiger partial charge in [-0.15, -0.1) is 0 Å². The Kier molecular flexibility index (Phi) is 3.96. The molecule has 0 atom stereocenters. The Morgan fingerprint density at radius 1 is 1.40 bits per heavy atom. The van der Waals surface area contributed by atoms with E-state index in [2.05, 4.69) is 25.6 Å². The second-order valence-electron chi connectivity index (χ2n) is 4.07. The van der Waals surface area contributed by atoms with Gasteiger partial charge in [-0.2, -0.15) is 0 Å². The van der Waals surface area contributed by atoms with Crippen LogP contribution in [0, 0.1) is 12.7 Å². The number of nitrogen functional groups attached to an aromatic ring is 1. The molecular formula is C12H11BrFN3O2S. The Bertz CT molecular complexity index is 765. The van der Waals surface area contributed by atoms with Gasteiger partial charge in [-0.3, -0.25) is 4.72 Å². The minimum Gasteiger partial charge on any atom is -0.383 e. The molecule has 0 unspecified atom stereocenters. The van der Waals surface area contributed by atoms with Crippen LogP contribution in [0.2, 0.25) is 0 Å². The van der Waals surface area contributed by atoms with E-state index >= 15 is 0 Å². The predicted octanol–water partition coefficient (Wildman–Crippen LogP) is 2.67. The summed E-state index contributed by atoms with van der Waals surface area (Å²) in [7, 11) is -3.92. The van der Waals surface area contributed by atoms with Crippen LogP contribution in [0.1, 0.15) is 5.56 Å². The molecule has 0 amide bonds. The second-order valence-corrected chi connectivity index (χ2v) is 6.58. The van der Waals surface area contributed by atoms with E-state index in [1.807, 2.05) is 0 Å². The van der Waals surface area contributed by atoms with Crippen LogP contribution in [0.4, 0.5) is 15.9 Å². The highest BCUT2D eigenvalue weighted by Gasteiger charge is 2.19. The molecule has 0 saturated carbocycles. The van der Waals surface area contributed by atoms with Crippen molar-refractivity contribution in [3.05, 3.63) is 46.3 Å². The third-order valence-corrected chi connectivity index (χ3v) is 4.62. The van der Waals surface area contributed by atoms with Crippen molar-refractivity contribution in [2.24, 2.45) is 0 Å². The molecule has 2 aromatic rings. The lowest BCUT2D eigenvalue weighted by Gasteiger charge is -2.12. The number of nitrogens with two attached hydrogens (primary N) is 1. The summed E-state index contributed by atoms with van der Waals surface area (Å²) < 4.78 is 40.5. The number of halogens is 2. The van der Waals surface area contributed by atoms with Crippen molar-refractivity contribution in [2.45, 2.75) is 11.8 Å². The van der Waals surface area contributed by atoms with E-state index in [-0.39, 0.29) is 20.9 Å². The van der Waals surface area contributed by atoms with Gasteiger partial charge in [0.2, 0.25) is 0 Å². The maximum absolute atomic E-state index is 13.5. The molecule has 0 fully saturated rings. The average Bonchev–Trinajstić information content (AvgIpc) is 2.36. The topological polar surface area (TPSA) is 85.1 Å². The number of aryl methyl sites for hydroxylation is 1. The SMILES string of the molecule is Cc1cc(Br)c(F)cc1NS(=O)(=O)c1cccnc1N. The highest BCUT2D eigenvalue weighted by molar-refractivity contribution is 9.10. The Labute approximate surface area is 124 Å². The van der Waals surface area contributed by atoms with Gasteiger partial charge in [0.05, 0.1) is 10.2 Å². The van der Waals surface area contributed by atoms with E-state index in [9.17, 15) is 12.8 Å². The van der Waals surface area contributed by atoms with E-state index in [1.54, 1.807) is 6.92 Å². The number of hydrogen-bond acceptors (Lipinski definition) is 4. The first-order valence-electron chi connectivity index (χ1n) is 5.50. The number of benzene rings is 1. The maximum atomic E-state index is 13.5. The summed E-state index contributed by atoms with van der Waals surface area (Å²) in [5, 5.41) is 0. The van der Waals surface area contributed by atoms with Gasteiger partial charge in [-0.05, 0) is 52.7 Å². The van der Waals surface area contributed by atoms with Crippen LogP contribution < -0.4 is 10.5 Å². The molecule has 0 aliphatic carbocycles. The number of rotatable bonds is 3. The predicted molar refractivity (Wildman–Crippen MR) is 78.3 cm³/mol. The van der Waals surface area contributed by atoms with Crippen molar-refractivity contribution in [3.8, 4) is 0 Å². The third kappa shape index (κ3) is 2.91. The summed E-state index contributed by atoms with van der Waals surface area (Å²) in [6.45, 7) is 1.66. The van der Waals surface area contributed by atoms with E-state index < -0.39 is 15.8 Å². The molecule has 5 nitrogen and oxygen atoms in total. The van der Waals surface area contributed by atoms with E-state index in [0.29, 0.717) is 5.56 Å². The van der Waals surface area contributed by atoms with Crippen LogP contribution in [0.3, 0.4) is 0 Å². The molecule has 106 valence electrons. The number of anilines is 2. The minimum absolute atomic E-state index is 0.116. The molecule has 1 aromatic carbocycles. The summed E-state index contributed by atoms with van der Waals surface area (Å²) in [6, 6.07) is 5.37. The van der Waals surface area contributed by atoms with Crippen molar-refractivity contribution < 1.29 is 12.8 Å². The van der Waals surface area contributed by atoms with Crippen LogP contribution in [0.15, 0.2) is 39.8 Å². The van der Waals surface area contributed by atoms with E-state index in [1.165, 1.54) is 24.4 Å². The van der Waals surface area contributed by atoms with Crippen LogP contribution in [-0.4, -0.2) is 13.4 Å². The molecule has 1 aromatic heterocycles. The number of pyridine rings is 1. The van der Waals surface area contributed by atoms with E-state index in [4.69, 9.17) is 5.73 Å². The Hall–Kier alpha value is -1.67. The van der Waals surface area contributed by atoms with Gasteiger partial charge in [-0.25, -0.2) is 17.8 Å². The Morgan fingerprint density at radius 2 is 2.10 bits per heavy atom. The minimum atomic E-state index is -3.92. The smallest absolute Gasteiger partial charge is 0.265 e. The molecular weight excluding hydrogens is 349 g/mol. The summed E-state index contributed by atoms with van der Waals surface area (Å²) in [5.74, 6) is -0.678. The van der Waals surface area contributed by atoms with Crippen LogP contribution in [0.5, 0.6) is 0 Å². The lowest BCUT2D eigenvalue weighted by Crippen LogP contribution is -2.16. The van der Waals surface area contributed by atoms with Gasteiger partial charge >= 0.3 is 0 Å². The van der Waals surface area contributed by atoms with Gasteiger partial charge in [0.25, 0.3) is 10.0 Å². The fourth-order valence-electron chi connectivity index (χ4n) is 1.59. The number of hydrogen-bond donors (Lipinski definition) is 2. The number of nitrogens with zero attached hydrogens (tertiary/aromatic N) is 1. The molecule has 0 aliphatic rings. The number of aromatic nitrogens is 1. The molecule has 0 radical (unpaired) electrons. The average molecular weight is 360 g/mol. The first-order chi connectivity index (χ1) is 9.31. The van der Waals surface area contributed by atoms with Gasteiger partial charge in [0, 0.05) is 6.20 Å². The molecule has 3 N–H and O–H groups in total. The second kappa shape index (κ2) is 5.37. The van der Waals surface area contributed by atoms with Gasteiger partial charge in [-0.1, -0.05) is 0 Å². The molecule has 0 bridgehead atoms. The fourth-order valence-corrected chi connectivity index (χ4v) is 3.25. The van der Waals surface area contributed by atoms with Crippen molar-refractivity contribution in [1.82, 2.24) is 4.98 Å². The lowest BCUT2D eigenvalue weighted by molar-refractivity contribution is 0.601. The molecule has 0 spiro atoms. The first kappa shape index (κ1) is 14.7. The molecule has 0 aliphatic heterocycles. The summed E-state index contributed by atoms with van der Waals surface area (Å²) in [5.41, 5.74) is 6.26. The van der Waals surface area contributed by atoms with Crippen molar-refractivity contribution in [2.75, 3.05) is 10.5 Å². The summed E-state index contributed by atoms with van der Waals surface area (Å²) in [4.78, 5) is 3.57. The molecule has 20 heavy (non-hydrogen) atoms. The zero-order chi connectivity index (χ0) is 14.9. The zero-order valence-corrected chi connectivity index (χ0v) is 12.8. The fraction of sp³-hybridized carbons (Fsp3) is 0.0833. The van der Waals surface area contributed by atoms with Crippen molar-refractivity contribution in [1.29, 1.82) is 0 Å². The molecule has 8 heteroatoms. The van der Waals surface area contributed by atoms with Crippen molar-refractivity contribution >= 4 is 37.5 Å². The highest BCUT2D eigenvalue weighted by atomic mass is 79.9. The number of nitrogens with one attached hydrogen (secondary N) is 1. The Morgan fingerprint density at radius 3 is 2.75 bits per heavy atom. The third-order valence-electron chi connectivity index (χ3n) is 2.60. The molecule has 1 heterocycles. The van der Waals surface area contributed by atoms with E-state index in [0.717, 1.165) is 6.07 Å². The quantitative estimate of drug-likeness (QED) is 0.881. The van der Waals surface area contributed by atoms with Crippen LogP contribution in [0.25, 0.3) is 0 Å². The summed E-state index contributed by atoms with van der Waals surface area (Å²) in [6.07, 6.45) is 1.39. The number of sulfonamides is 1. The standard InChI is InChI=1S/C12H11BrFN3O2S/c1-7-5-8(13)9(14)6-10(7)17-20(18,19)11-3-2-4-16-12(11)15/h2-6,17H,1H3,(H2,15,16). The monoisotopic (exact) mass is 359 g/mol. The van der Waals surface area contributed by atoms with Gasteiger partial charge in [0.15, 0.2) is 0 Å². The first-order valence-corrected chi connectivity index (χ1v) is 7.78. The maximum Gasteiger partial charge on any atom is 0.265 e. The summed E-state index contributed by atoms with van der Waals surface area (Å²) >= 11 is 3.03. The molecule has 0 saturated heterocycles. The van der Waals surface area contributed by atoms with Crippen LogP contribution in [-0.2, 0) is 10.0 Å². The lowest BCUT2D eigenvalue weighted by atomic mass is 10.2. The highest BCUT2D eigenvalue weighted by Crippen LogP contribution is 2.26. The van der Waals surface area contributed by atoms with Gasteiger partial charge in [0.1, 0.15) is 16.5 Å².